The first-order valence-corrected chi connectivity index (χ1v) is 16.6. The molecule has 1 heterocycles. The average molecular weight is 577 g/mol. The quantitative estimate of drug-likeness (QED) is 0.0369. The van der Waals surface area contributed by atoms with Crippen LogP contribution in [0.25, 0.3) is 0 Å². The molecule has 39 heavy (non-hydrogen) atoms. The number of phosphoric ester groups is 1. The minimum Gasteiger partial charge on any atom is -0.462 e. The van der Waals surface area contributed by atoms with E-state index in [-0.39, 0.29) is 19.4 Å². The van der Waals surface area contributed by atoms with Gasteiger partial charge < -0.3 is 24.0 Å². The van der Waals surface area contributed by atoms with E-state index in [0.717, 1.165) is 64.2 Å². The Hall–Kier alpha value is -1.25. The van der Waals surface area contributed by atoms with E-state index in [9.17, 15) is 14.2 Å². The predicted octanol–water partition coefficient (Wildman–Crippen LogP) is 6.94. The molecule has 0 aromatic carbocycles. The summed E-state index contributed by atoms with van der Waals surface area (Å²) in [5.74, 6) is -0.922. The highest BCUT2D eigenvalue weighted by Gasteiger charge is 2.36. The minimum absolute atomic E-state index is 0.203. The molecule has 0 bridgehead atoms. The summed E-state index contributed by atoms with van der Waals surface area (Å²) in [7, 11) is -4.73. The van der Waals surface area contributed by atoms with Gasteiger partial charge >= 0.3 is 19.8 Å². The molecule has 0 aromatic rings. The van der Waals surface area contributed by atoms with Crippen LogP contribution in [0, 0.1) is 0 Å². The summed E-state index contributed by atoms with van der Waals surface area (Å²) in [6, 6.07) is 0. The van der Waals surface area contributed by atoms with Crippen LogP contribution in [0.3, 0.4) is 0 Å². The van der Waals surface area contributed by atoms with Gasteiger partial charge in [0.1, 0.15) is 6.61 Å². The maximum atomic E-state index is 12.1. The van der Waals surface area contributed by atoms with Crippen LogP contribution in [0.15, 0.2) is 12.2 Å². The average Bonchev–Trinajstić information content (AvgIpc) is 3.64. The Morgan fingerprint density at radius 2 is 1.41 bits per heavy atom. The third kappa shape index (κ3) is 22.2. The van der Waals surface area contributed by atoms with Gasteiger partial charge in [-0.25, -0.2) is 4.57 Å². The lowest BCUT2D eigenvalue weighted by Crippen LogP contribution is -2.29. The molecule has 1 saturated heterocycles. The number of epoxide rings is 1. The van der Waals surface area contributed by atoms with Gasteiger partial charge in [0, 0.05) is 12.8 Å². The van der Waals surface area contributed by atoms with Crippen molar-refractivity contribution in [2.45, 2.75) is 148 Å². The summed E-state index contributed by atoms with van der Waals surface area (Å²) in [6.07, 6.45) is 21.6. The molecule has 1 fully saturated rings. The highest BCUT2D eigenvalue weighted by Crippen LogP contribution is 2.36. The van der Waals surface area contributed by atoms with E-state index in [4.69, 9.17) is 24.0 Å². The van der Waals surface area contributed by atoms with Gasteiger partial charge in [-0.1, -0.05) is 90.2 Å². The summed E-state index contributed by atoms with van der Waals surface area (Å²) in [5.41, 5.74) is 0. The molecule has 9 nitrogen and oxygen atoms in total. The van der Waals surface area contributed by atoms with E-state index < -0.39 is 32.5 Å². The second-order valence-electron chi connectivity index (χ2n) is 10.5. The largest absolute Gasteiger partial charge is 0.469 e. The van der Waals surface area contributed by atoms with Crippen molar-refractivity contribution in [1.29, 1.82) is 0 Å². The first-order chi connectivity index (χ1) is 18.7. The highest BCUT2D eigenvalue weighted by atomic mass is 31.2. The second-order valence-corrected chi connectivity index (χ2v) is 11.7. The van der Waals surface area contributed by atoms with Gasteiger partial charge in [-0.05, 0) is 38.5 Å². The number of carbonyl (C=O) groups excluding carboxylic acids is 2. The predicted molar refractivity (Wildman–Crippen MR) is 151 cm³/mol. The number of phosphoric acid groups is 1. The van der Waals surface area contributed by atoms with Gasteiger partial charge in [0.25, 0.3) is 0 Å². The lowest BCUT2D eigenvalue weighted by Gasteiger charge is -2.18. The number of carbonyl (C=O) groups is 2. The monoisotopic (exact) mass is 576 g/mol. The molecule has 3 atom stereocenters. The molecule has 0 radical (unpaired) electrons. The summed E-state index contributed by atoms with van der Waals surface area (Å²) < 4.78 is 31.6. The summed E-state index contributed by atoms with van der Waals surface area (Å²) in [5, 5.41) is 0. The molecule has 0 amide bonds. The number of allylic oxidation sites excluding steroid dienone is 1. The van der Waals surface area contributed by atoms with E-state index in [1.165, 1.54) is 25.7 Å². The Balaban J connectivity index is 2.10. The van der Waals surface area contributed by atoms with E-state index >= 15 is 0 Å². The van der Waals surface area contributed by atoms with Crippen LogP contribution in [0.1, 0.15) is 129 Å². The van der Waals surface area contributed by atoms with Crippen LogP contribution in [-0.4, -0.2) is 53.3 Å². The smallest absolute Gasteiger partial charge is 0.462 e. The van der Waals surface area contributed by atoms with Gasteiger partial charge in [0.15, 0.2) is 6.10 Å². The maximum absolute atomic E-state index is 12.1. The van der Waals surface area contributed by atoms with Crippen LogP contribution in [0.5, 0.6) is 0 Å². The normalized spacial score (nSPS) is 17.8. The number of ether oxygens (including phenoxy) is 3. The standard InChI is InChI=1S/C29H53O9P/c1-3-5-7-12-18-22-29(31)37-25(24-36-39(32,33)34)23-35-28(30)21-17-14-11-9-8-10-13-16-20-27-26(38-27)19-15-6-4-2/h13,16,25-27H,3-12,14-15,17-24H2,1-2H3,(H2,32,33,34)/b16-13-/t25-,26?,27?/m1/s1. The van der Waals surface area contributed by atoms with Crippen LogP contribution >= 0.6 is 7.82 Å². The third-order valence-corrected chi connectivity index (χ3v) is 7.19. The van der Waals surface area contributed by atoms with Crippen molar-refractivity contribution >= 4 is 19.8 Å². The maximum Gasteiger partial charge on any atom is 0.469 e. The number of rotatable bonds is 26. The summed E-state index contributed by atoms with van der Waals surface area (Å²) in [6.45, 7) is 3.49. The van der Waals surface area contributed by atoms with E-state index in [1.807, 2.05) is 0 Å². The topological polar surface area (TPSA) is 132 Å². The molecule has 1 rings (SSSR count). The third-order valence-electron chi connectivity index (χ3n) is 6.71. The molecule has 0 saturated carbocycles. The number of esters is 2. The molecule has 0 spiro atoms. The molecule has 2 unspecified atom stereocenters. The number of unbranched alkanes of at least 4 members (excludes halogenated alkanes) is 11. The first-order valence-electron chi connectivity index (χ1n) is 15.1. The Labute approximate surface area is 235 Å². The first kappa shape index (κ1) is 35.8. The van der Waals surface area contributed by atoms with Crippen molar-refractivity contribution in [3.05, 3.63) is 12.2 Å². The van der Waals surface area contributed by atoms with Crippen LogP contribution in [0.2, 0.25) is 0 Å². The number of hydrogen-bond donors (Lipinski definition) is 2. The van der Waals surface area contributed by atoms with Crippen molar-refractivity contribution in [1.82, 2.24) is 0 Å². The van der Waals surface area contributed by atoms with Crippen LogP contribution in [-0.2, 0) is 32.9 Å². The molecule has 0 aliphatic carbocycles. The molecule has 1 aliphatic rings. The zero-order valence-electron chi connectivity index (χ0n) is 24.2. The molecule has 2 N–H and O–H groups in total. The van der Waals surface area contributed by atoms with Crippen molar-refractivity contribution in [2.75, 3.05) is 13.2 Å². The molecular weight excluding hydrogens is 523 g/mol. The Kier molecular flexibility index (Phi) is 20.6. The number of hydrogen-bond acceptors (Lipinski definition) is 7. The molecule has 10 heteroatoms. The van der Waals surface area contributed by atoms with Crippen molar-refractivity contribution in [3.8, 4) is 0 Å². The fourth-order valence-corrected chi connectivity index (χ4v) is 4.68. The fraction of sp³-hybridized carbons (Fsp3) is 0.862. The molecule has 0 aromatic heterocycles. The fourth-order valence-electron chi connectivity index (χ4n) is 4.32. The van der Waals surface area contributed by atoms with Crippen LogP contribution in [0.4, 0.5) is 0 Å². The zero-order valence-corrected chi connectivity index (χ0v) is 25.1. The van der Waals surface area contributed by atoms with Crippen LogP contribution < -0.4 is 0 Å². The zero-order chi connectivity index (χ0) is 28.8. The Morgan fingerprint density at radius 1 is 0.795 bits per heavy atom. The Morgan fingerprint density at radius 3 is 2.10 bits per heavy atom. The Bertz CT molecular complexity index is 722. The van der Waals surface area contributed by atoms with E-state index in [2.05, 4.69) is 30.5 Å². The molecule has 228 valence electrons. The van der Waals surface area contributed by atoms with Gasteiger partial charge in [-0.3, -0.25) is 14.1 Å². The van der Waals surface area contributed by atoms with Crippen molar-refractivity contribution < 1.29 is 42.7 Å². The van der Waals surface area contributed by atoms with Gasteiger partial charge in [0.05, 0.1) is 18.8 Å². The van der Waals surface area contributed by atoms with Gasteiger partial charge in [-0.15, -0.1) is 0 Å². The lowest BCUT2D eigenvalue weighted by molar-refractivity contribution is -0.161. The SMILES string of the molecule is CCCCCCCC(=O)O[C@H](COC(=O)CCCCCCC/C=C\CC1OC1CCCCC)COP(=O)(O)O. The summed E-state index contributed by atoms with van der Waals surface area (Å²) >= 11 is 0. The molecular formula is C29H53O9P. The highest BCUT2D eigenvalue weighted by molar-refractivity contribution is 7.46. The van der Waals surface area contributed by atoms with Gasteiger partial charge in [0.2, 0.25) is 0 Å². The van der Waals surface area contributed by atoms with Crippen molar-refractivity contribution in [3.63, 3.8) is 0 Å². The van der Waals surface area contributed by atoms with Gasteiger partial charge in [-0.2, -0.15) is 0 Å². The molecule has 1 aliphatic heterocycles. The summed E-state index contributed by atoms with van der Waals surface area (Å²) in [4.78, 5) is 42.1. The van der Waals surface area contributed by atoms with Crippen molar-refractivity contribution in [2.24, 2.45) is 0 Å². The minimum atomic E-state index is -4.73. The lowest BCUT2D eigenvalue weighted by atomic mass is 10.1. The second kappa shape index (κ2) is 22.4. The van der Waals surface area contributed by atoms with E-state index in [1.54, 1.807) is 0 Å². The van der Waals surface area contributed by atoms with E-state index in [0.29, 0.717) is 25.0 Å².